The summed E-state index contributed by atoms with van der Waals surface area (Å²) in [6.45, 7) is -0.0133. The predicted octanol–water partition coefficient (Wildman–Crippen LogP) is 0.185. The van der Waals surface area contributed by atoms with Crippen molar-refractivity contribution in [2.75, 3.05) is 0 Å². The summed E-state index contributed by atoms with van der Waals surface area (Å²) in [6, 6.07) is 6.82. The summed E-state index contributed by atoms with van der Waals surface area (Å²) in [5.74, 6) is 2.40. The fourth-order valence-corrected chi connectivity index (χ4v) is 2.75. The summed E-state index contributed by atoms with van der Waals surface area (Å²) in [5.41, 5.74) is -1.02. The third kappa shape index (κ3) is 1.66. The fourth-order valence-electron chi connectivity index (χ4n) is 2.75. The fraction of sp³-hybridized carbons (Fsp3) is 0.188. The summed E-state index contributed by atoms with van der Waals surface area (Å²) >= 11 is 0. The Hall–Kier alpha value is -3.07. The van der Waals surface area contributed by atoms with E-state index in [-0.39, 0.29) is 17.8 Å². The Morgan fingerprint density at radius 2 is 1.64 bits per heavy atom. The molecule has 0 fully saturated rings. The average Bonchev–Trinajstić information content (AvgIpc) is 2.53. The number of aryl methyl sites for hydroxylation is 1. The number of aromatic nitrogens is 3. The van der Waals surface area contributed by atoms with Crippen LogP contribution in [-0.4, -0.2) is 13.7 Å². The Bertz CT molecular complexity index is 1140. The van der Waals surface area contributed by atoms with E-state index < -0.39 is 11.2 Å². The lowest BCUT2D eigenvalue weighted by Gasteiger charge is -2.14. The van der Waals surface area contributed by atoms with Crippen molar-refractivity contribution in [2.45, 2.75) is 6.54 Å². The highest BCUT2D eigenvalue weighted by atomic mass is 16.2. The molecular weight excluding hydrogens is 282 g/mol. The van der Waals surface area contributed by atoms with Crippen LogP contribution in [-0.2, 0) is 20.6 Å². The molecule has 2 aromatic heterocycles. The average molecular weight is 295 g/mol. The topological polar surface area (TPSA) is 66.0 Å². The van der Waals surface area contributed by atoms with Gasteiger partial charge in [-0.1, -0.05) is 24.1 Å². The van der Waals surface area contributed by atoms with E-state index in [0.29, 0.717) is 16.2 Å². The maximum absolute atomic E-state index is 12.6. The largest absolute Gasteiger partial charge is 0.332 e. The van der Waals surface area contributed by atoms with E-state index >= 15 is 0 Å². The zero-order valence-electron chi connectivity index (χ0n) is 12.2. The minimum absolute atomic E-state index is 0.0133. The monoisotopic (exact) mass is 295 g/mol. The van der Waals surface area contributed by atoms with Crippen LogP contribution >= 0.6 is 0 Å². The van der Waals surface area contributed by atoms with E-state index in [1.54, 1.807) is 24.3 Å². The van der Waals surface area contributed by atoms with E-state index in [9.17, 15) is 14.4 Å². The van der Waals surface area contributed by atoms with Crippen LogP contribution in [0.2, 0.25) is 0 Å². The van der Waals surface area contributed by atoms with E-state index in [0.717, 1.165) is 4.57 Å². The van der Waals surface area contributed by atoms with Gasteiger partial charge in [-0.2, -0.15) is 0 Å². The zero-order valence-corrected chi connectivity index (χ0v) is 12.2. The SMILES string of the molecule is C#CCn1c(=O)c2ccccc2c2c(=O)n(C)c(=O)n(C)c21. The molecule has 22 heavy (non-hydrogen) atoms. The van der Waals surface area contributed by atoms with Gasteiger partial charge in [-0.25, -0.2) is 4.79 Å². The lowest BCUT2D eigenvalue weighted by Crippen LogP contribution is -2.40. The summed E-state index contributed by atoms with van der Waals surface area (Å²) < 4.78 is 3.60. The van der Waals surface area contributed by atoms with Crippen molar-refractivity contribution in [2.24, 2.45) is 14.1 Å². The van der Waals surface area contributed by atoms with Gasteiger partial charge in [0.2, 0.25) is 0 Å². The van der Waals surface area contributed by atoms with Crippen molar-refractivity contribution in [1.29, 1.82) is 0 Å². The summed E-state index contributed by atoms with van der Waals surface area (Å²) in [6.07, 6.45) is 5.34. The van der Waals surface area contributed by atoms with Gasteiger partial charge in [0, 0.05) is 24.9 Å². The maximum atomic E-state index is 12.6. The number of hydrogen-bond donors (Lipinski definition) is 0. The van der Waals surface area contributed by atoms with Crippen LogP contribution in [0.25, 0.3) is 21.8 Å². The van der Waals surface area contributed by atoms with Crippen molar-refractivity contribution < 1.29 is 0 Å². The molecule has 0 radical (unpaired) electrons. The number of hydrogen-bond acceptors (Lipinski definition) is 3. The van der Waals surface area contributed by atoms with Crippen LogP contribution in [0.3, 0.4) is 0 Å². The number of fused-ring (bicyclic) bond motifs is 3. The van der Waals surface area contributed by atoms with Gasteiger partial charge >= 0.3 is 5.69 Å². The molecule has 0 unspecified atom stereocenters. The van der Waals surface area contributed by atoms with Gasteiger partial charge in [0.05, 0.1) is 11.9 Å². The molecule has 0 aliphatic rings. The van der Waals surface area contributed by atoms with Gasteiger partial charge in [-0.3, -0.25) is 23.3 Å². The molecule has 0 atom stereocenters. The highest BCUT2D eigenvalue weighted by Gasteiger charge is 2.17. The molecule has 0 amide bonds. The Balaban J connectivity index is 2.84. The molecule has 3 rings (SSSR count). The van der Waals surface area contributed by atoms with E-state index in [2.05, 4.69) is 5.92 Å². The van der Waals surface area contributed by atoms with Crippen molar-refractivity contribution in [3.05, 3.63) is 55.5 Å². The summed E-state index contributed by atoms with van der Waals surface area (Å²) in [5, 5.41) is 1.24. The minimum atomic E-state index is -0.502. The predicted molar refractivity (Wildman–Crippen MR) is 85.0 cm³/mol. The molecule has 0 spiro atoms. The Morgan fingerprint density at radius 1 is 1.00 bits per heavy atom. The zero-order chi connectivity index (χ0) is 16.0. The molecule has 110 valence electrons. The second kappa shape index (κ2) is 4.74. The van der Waals surface area contributed by atoms with Gasteiger partial charge in [-0.15, -0.1) is 6.42 Å². The first-order valence-electron chi connectivity index (χ1n) is 6.63. The van der Waals surface area contributed by atoms with Crippen LogP contribution in [0.1, 0.15) is 0 Å². The molecule has 0 N–H and O–H groups in total. The van der Waals surface area contributed by atoms with Crippen LogP contribution in [0.5, 0.6) is 0 Å². The molecular formula is C16H13N3O3. The Morgan fingerprint density at radius 3 is 2.27 bits per heavy atom. The van der Waals surface area contributed by atoms with Gasteiger partial charge in [-0.05, 0) is 6.07 Å². The molecule has 3 aromatic rings. The molecule has 0 saturated heterocycles. The minimum Gasteiger partial charge on any atom is -0.282 e. The molecule has 6 heteroatoms. The summed E-state index contributed by atoms with van der Waals surface area (Å²) in [4.78, 5) is 37.4. The third-order valence-electron chi connectivity index (χ3n) is 3.81. The molecule has 1 aromatic carbocycles. The number of benzene rings is 1. The van der Waals surface area contributed by atoms with Crippen molar-refractivity contribution in [1.82, 2.24) is 13.7 Å². The number of terminal acetylenes is 1. The third-order valence-corrected chi connectivity index (χ3v) is 3.81. The lowest BCUT2D eigenvalue weighted by molar-refractivity contribution is 0.683. The second-order valence-corrected chi connectivity index (χ2v) is 5.05. The second-order valence-electron chi connectivity index (χ2n) is 5.05. The highest BCUT2D eigenvalue weighted by molar-refractivity contribution is 6.04. The van der Waals surface area contributed by atoms with Crippen LogP contribution in [0.4, 0.5) is 0 Å². The maximum Gasteiger partial charge on any atom is 0.332 e. The number of nitrogens with zero attached hydrogens (tertiary/aromatic N) is 3. The molecule has 2 heterocycles. The van der Waals surface area contributed by atoms with E-state index in [1.807, 2.05) is 0 Å². The quantitative estimate of drug-likeness (QED) is 0.475. The van der Waals surface area contributed by atoms with E-state index in [4.69, 9.17) is 6.42 Å². The number of rotatable bonds is 1. The standard InChI is InChI=1S/C16H13N3O3/c1-4-9-19-13-12(15(21)18(3)16(22)17(13)2)10-7-5-6-8-11(10)14(19)20/h1,5-8H,9H2,2-3H3. The van der Waals surface area contributed by atoms with Gasteiger partial charge in [0.1, 0.15) is 5.65 Å². The van der Waals surface area contributed by atoms with E-state index in [1.165, 1.54) is 23.2 Å². The van der Waals surface area contributed by atoms with Gasteiger partial charge < -0.3 is 0 Å². The smallest absolute Gasteiger partial charge is 0.282 e. The molecule has 0 saturated carbocycles. The first-order chi connectivity index (χ1) is 10.5. The van der Waals surface area contributed by atoms with Crippen LogP contribution in [0.15, 0.2) is 38.6 Å². The van der Waals surface area contributed by atoms with Crippen molar-refractivity contribution in [3.8, 4) is 12.3 Å². The van der Waals surface area contributed by atoms with Crippen molar-refractivity contribution in [3.63, 3.8) is 0 Å². The number of pyridine rings is 1. The molecule has 0 bridgehead atoms. The Labute approximate surface area is 124 Å². The molecule has 0 aliphatic carbocycles. The van der Waals surface area contributed by atoms with Gasteiger partial charge in [0.25, 0.3) is 11.1 Å². The Kier molecular flexibility index (Phi) is 2.99. The lowest BCUT2D eigenvalue weighted by atomic mass is 10.1. The van der Waals surface area contributed by atoms with Crippen LogP contribution in [0, 0.1) is 12.3 Å². The highest BCUT2D eigenvalue weighted by Crippen LogP contribution is 2.18. The van der Waals surface area contributed by atoms with Crippen molar-refractivity contribution >= 4 is 21.8 Å². The molecule has 6 nitrogen and oxygen atoms in total. The van der Waals surface area contributed by atoms with Crippen LogP contribution < -0.4 is 16.8 Å². The first-order valence-corrected chi connectivity index (χ1v) is 6.63. The summed E-state index contributed by atoms with van der Waals surface area (Å²) in [7, 11) is 2.93. The molecule has 0 aliphatic heterocycles. The first kappa shape index (κ1) is 13.9. The normalized spacial score (nSPS) is 11.0. The van der Waals surface area contributed by atoms with Gasteiger partial charge in [0.15, 0.2) is 0 Å².